The summed E-state index contributed by atoms with van der Waals surface area (Å²) in [4.78, 5) is 2.33. The number of rotatable bonds is 6. The van der Waals surface area contributed by atoms with Crippen LogP contribution in [0.15, 0.2) is 42.5 Å². The Kier molecular flexibility index (Phi) is 5.57. The summed E-state index contributed by atoms with van der Waals surface area (Å²) in [7, 11) is 0. The van der Waals surface area contributed by atoms with Gasteiger partial charge in [-0.25, -0.2) is 0 Å². The average Bonchev–Trinajstić information content (AvgIpc) is 3.05. The first kappa shape index (κ1) is 18.4. The molecule has 0 unspecified atom stereocenters. The van der Waals surface area contributed by atoms with Crippen molar-refractivity contribution in [1.82, 2.24) is 14.8 Å². The minimum absolute atomic E-state index is 0.606. The van der Waals surface area contributed by atoms with E-state index in [0.29, 0.717) is 4.77 Å². The molecule has 0 aliphatic heterocycles. The van der Waals surface area contributed by atoms with Gasteiger partial charge in [0.05, 0.1) is 5.69 Å². The lowest BCUT2D eigenvalue weighted by atomic mass is 10.0. The van der Waals surface area contributed by atoms with Crippen molar-refractivity contribution < 1.29 is 0 Å². The standard InChI is InChI=1S/C21H26N4S/c1-5-16-14-17(9-8-15(16)4)20-22-23-21(26)25(20)19-12-10-18(11-13-19)24(6-2)7-3/h8-14H,5-7H2,1-4H3,(H,23,26). The zero-order valence-electron chi connectivity index (χ0n) is 15.9. The smallest absolute Gasteiger partial charge is 0.200 e. The number of benzene rings is 2. The van der Waals surface area contributed by atoms with Crippen molar-refractivity contribution in [3.05, 3.63) is 58.4 Å². The van der Waals surface area contributed by atoms with E-state index in [1.54, 1.807) is 0 Å². The molecule has 5 heteroatoms. The molecule has 136 valence electrons. The number of aryl methyl sites for hydroxylation is 2. The molecule has 3 aromatic rings. The zero-order valence-corrected chi connectivity index (χ0v) is 16.7. The monoisotopic (exact) mass is 366 g/mol. The molecule has 0 aliphatic rings. The summed E-state index contributed by atoms with van der Waals surface area (Å²) < 4.78 is 2.61. The van der Waals surface area contributed by atoms with Crippen molar-refractivity contribution in [2.45, 2.75) is 34.1 Å². The largest absolute Gasteiger partial charge is 0.372 e. The van der Waals surface area contributed by atoms with E-state index in [-0.39, 0.29) is 0 Å². The van der Waals surface area contributed by atoms with Crippen LogP contribution in [0.4, 0.5) is 5.69 Å². The molecule has 0 bridgehead atoms. The maximum Gasteiger partial charge on any atom is 0.200 e. The predicted molar refractivity (Wildman–Crippen MR) is 112 cm³/mol. The first-order valence-corrected chi connectivity index (χ1v) is 9.62. The van der Waals surface area contributed by atoms with Gasteiger partial charge in [-0.15, -0.1) is 0 Å². The van der Waals surface area contributed by atoms with Gasteiger partial charge in [0.25, 0.3) is 0 Å². The second kappa shape index (κ2) is 7.87. The quantitative estimate of drug-likeness (QED) is 0.600. The Morgan fingerprint density at radius 2 is 1.73 bits per heavy atom. The molecule has 0 amide bonds. The Balaban J connectivity index is 2.05. The number of nitrogens with zero attached hydrogens (tertiary/aromatic N) is 3. The van der Waals surface area contributed by atoms with E-state index in [9.17, 15) is 0 Å². The number of nitrogens with one attached hydrogen (secondary N) is 1. The fraction of sp³-hybridized carbons (Fsp3) is 0.333. The summed E-state index contributed by atoms with van der Waals surface area (Å²) in [6.45, 7) is 10.7. The van der Waals surface area contributed by atoms with Crippen molar-refractivity contribution in [3.63, 3.8) is 0 Å². The third-order valence-corrected chi connectivity index (χ3v) is 5.17. The Morgan fingerprint density at radius 3 is 2.35 bits per heavy atom. The molecule has 3 rings (SSSR count). The van der Waals surface area contributed by atoms with Crippen molar-refractivity contribution in [2.75, 3.05) is 18.0 Å². The minimum Gasteiger partial charge on any atom is -0.372 e. The Bertz CT molecular complexity index is 933. The van der Waals surface area contributed by atoms with Gasteiger partial charge < -0.3 is 4.90 Å². The molecular weight excluding hydrogens is 340 g/mol. The number of hydrogen-bond donors (Lipinski definition) is 1. The predicted octanol–water partition coefficient (Wildman–Crippen LogP) is 5.31. The average molecular weight is 367 g/mol. The SMILES string of the molecule is CCc1cc(-c2n[nH]c(=S)n2-c2ccc(N(CC)CC)cc2)ccc1C. The van der Waals surface area contributed by atoms with Gasteiger partial charge in [0.2, 0.25) is 0 Å². The molecule has 0 fully saturated rings. The van der Waals surface area contributed by atoms with Crippen molar-refractivity contribution >= 4 is 17.9 Å². The van der Waals surface area contributed by atoms with Crippen LogP contribution in [-0.2, 0) is 6.42 Å². The summed E-state index contributed by atoms with van der Waals surface area (Å²) >= 11 is 5.51. The van der Waals surface area contributed by atoms with E-state index in [1.165, 1.54) is 16.8 Å². The number of H-pyrrole nitrogens is 1. The Morgan fingerprint density at radius 1 is 1.04 bits per heavy atom. The molecule has 1 aromatic heterocycles. The van der Waals surface area contributed by atoms with E-state index >= 15 is 0 Å². The highest BCUT2D eigenvalue weighted by molar-refractivity contribution is 7.71. The molecule has 0 radical (unpaired) electrons. The van der Waals surface area contributed by atoms with Crippen LogP contribution in [0.25, 0.3) is 17.1 Å². The molecule has 0 spiro atoms. The third-order valence-electron chi connectivity index (χ3n) is 4.90. The molecular formula is C21H26N4S. The number of anilines is 1. The van der Waals surface area contributed by atoms with E-state index in [4.69, 9.17) is 12.2 Å². The Labute approximate surface area is 160 Å². The summed E-state index contributed by atoms with van der Waals surface area (Å²) in [6.07, 6.45) is 1.00. The van der Waals surface area contributed by atoms with Crippen LogP contribution in [0.1, 0.15) is 31.9 Å². The second-order valence-corrected chi connectivity index (χ2v) is 6.76. The molecule has 26 heavy (non-hydrogen) atoms. The van der Waals surface area contributed by atoms with Crippen LogP contribution in [0.5, 0.6) is 0 Å². The van der Waals surface area contributed by atoms with E-state index < -0.39 is 0 Å². The normalized spacial score (nSPS) is 10.9. The number of hydrogen-bond acceptors (Lipinski definition) is 3. The van der Waals surface area contributed by atoms with E-state index in [2.05, 4.69) is 85.3 Å². The molecule has 1 heterocycles. The first-order chi connectivity index (χ1) is 12.6. The molecule has 0 saturated carbocycles. The molecule has 4 nitrogen and oxygen atoms in total. The van der Waals surface area contributed by atoms with Crippen LogP contribution < -0.4 is 4.90 Å². The number of aromatic amines is 1. The topological polar surface area (TPSA) is 36.9 Å². The molecule has 1 N–H and O–H groups in total. The van der Waals surface area contributed by atoms with Crippen LogP contribution in [0.3, 0.4) is 0 Å². The minimum atomic E-state index is 0.606. The molecule has 2 aromatic carbocycles. The van der Waals surface area contributed by atoms with Gasteiger partial charge >= 0.3 is 0 Å². The summed E-state index contributed by atoms with van der Waals surface area (Å²) in [5.74, 6) is 0.847. The zero-order chi connectivity index (χ0) is 18.7. The highest BCUT2D eigenvalue weighted by atomic mass is 32.1. The highest BCUT2D eigenvalue weighted by Crippen LogP contribution is 2.25. The van der Waals surface area contributed by atoms with Crippen LogP contribution >= 0.6 is 12.2 Å². The maximum atomic E-state index is 5.51. The van der Waals surface area contributed by atoms with Crippen molar-refractivity contribution in [2.24, 2.45) is 0 Å². The van der Waals surface area contributed by atoms with Crippen LogP contribution in [0.2, 0.25) is 0 Å². The second-order valence-electron chi connectivity index (χ2n) is 6.37. The van der Waals surface area contributed by atoms with Gasteiger partial charge in [0.15, 0.2) is 10.6 Å². The fourth-order valence-electron chi connectivity index (χ4n) is 3.32. The van der Waals surface area contributed by atoms with Crippen molar-refractivity contribution in [3.8, 4) is 17.1 Å². The Hall–Kier alpha value is -2.40. The lowest BCUT2D eigenvalue weighted by molar-refractivity contribution is 0.865. The van der Waals surface area contributed by atoms with Crippen molar-refractivity contribution in [1.29, 1.82) is 0 Å². The van der Waals surface area contributed by atoms with E-state index in [0.717, 1.165) is 36.6 Å². The molecule has 0 atom stereocenters. The lowest BCUT2D eigenvalue weighted by Crippen LogP contribution is -2.21. The van der Waals surface area contributed by atoms with Gasteiger partial charge in [-0.2, -0.15) is 5.10 Å². The summed E-state index contributed by atoms with van der Waals surface area (Å²) in [6, 6.07) is 15.0. The van der Waals surface area contributed by atoms with Gasteiger partial charge in [-0.1, -0.05) is 19.1 Å². The lowest BCUT2D eigenvalue weighted by Gasteiger charge is -2.21. The van der Waals surface area contributed by atoms with Crippen LogP contribution in [-0.4, -0.2) is 27.9 Å². The fourth-order valence-corrected chi connectivity index (χ4v) is 3.56. The van der Waals surface area contributed by atoms with Gasteiger partial charge in [0, 0.05) is 24.3 Å². The molecule has 0 aliphatic carbocycles. The van der Waals surface area contributed by atoms with E-state index in [1.807, 2.05) is 4.57 Å². The summed E-state index contributed by atoms with van der Waals surface area (Å²) in [5.41, 5.74) is 5.96. The maximum absolute atomic E-state index is 5.51. The summed E-state index contributed by atoms with van der Waals surface area (Å²) in [5, 5.41) is 7.44. The number of aromatic nitrogens is 3. The van der Waals surface area contributed by atoms with Gasteiger partial charge in [-0.05, 0) is 80.9 Å². The molecule has 0 saturated heterocycles. The van der Waals surface area contributed by atoms with Gasteiger partial charge in [-0.3, -0.25) is 9.67 Å². The van der Waals surface area contributed by atoms with Gasteiger partial charge in [0.1, 0.15) is 0 Å². The highest BCUT2D eigenvalue weighted by Gasteiger charge is 2.12. The third kappa shape index (κ3) is 3.44. The van der Waals surface area contributed by atoms with Crippen LogP contribution in [0, 0.1) is 11.7 Å². The first-order valence-electron chi connectivity index (χ1n) is 9.21.